The van der Waals surface area contributed by atoms with Gasteiger partial charge >= 0.3 is 0 Å². The van der Waals surface area contributed by atoms with Crippen molar-refractivity contribution >= 4 is 0 Å². The number of nitriles is 1. The van der Waals surface area contributed by atoms with E-state index >= 15 is 0 Å². The van der Waals surface area contributed by atoms with Crippen LogP contribution in [0.25, 0.3) is 0 Å². The Hall–Kier alpha value is -6.04. The van der Waals surface area contributed by atoms with Gasteiger partial charge < -0.3 is 0 Å². The summed E-state index contributed by atoms with van der Waals surface area (Å²) in [4.78, 5) is 0. The van der Waals surface area contributed by atoms with E-state index in [4.69, 9.17) is 5.26 Å². The van der Waals surface area contributed by atoms with E-state index in [0.29, 0.717) is 0 Å². The lowest BCUT2D eigenvalue weighted by Crippen LogP contribution is -1.78. The fraction of sp³-hybridized carbons (Fsp3) is 0.246. The van der Waals surface area contributed by atoms with Crippen LogP contribution in [0.15, 0.2) is 164 Å². The second kappa shape index (κ2) is 29.2. The summed E-state index contributed by atoms with van der Waals surface area (Å²) < 4.78 is 12.1. The summed E-state index contributed by atoms with van der Waals surface area (Å²) in [5, 5.41) is 8.38. The van der Waals surface area contributed by atoms with Crippen LogP contribution in [-0.2, 0) is 6.42 Å². The number of halogens is 1. The van der Waals surface area contributed by atoms with Crippen molar-refractivity contribution in [1.29, 1.82) is 5.26 Å². The first kappa shape index (κ1) is 51.0. The lowest BCUT2D eigenvalue weighted by Gasteiger charge is -1.96. The fourth-order valence-electron chi connectivity index (χ4n) is 5.29. The zero-order chi connectivity index (χ0) is 44.2. The van der Waals surface area contributed by atoms with E-state index < -0.39 is 0 Å². The van der Waals surface area contributed by atoms with Crippen LogP contribution in [0.1, 0.15) is 84.8 Å². The van der Waals surface area contributed by atoms with Gasteiger partial charge in [-0.05, 0) is 130 Å². The highest BCUT2D eigenvalue weighted by molar-refractivity contribution is 5.31. The average molecular weight is 786 g/mol. The normalized spacial score (nSPS) is 9.24. The van der Waals surface area contributed by atoms with E-state index in [0.717, 1.165) is 17.5 Å². The van der Waals surface area contributed by atoms with Gasteiger partial charge in [-0.2, -0.15) is 5.26 Å². The molecule has 0 aliphatic rings. The highest BCUT2D eigenvalue weighted by Gasteiger charge is 1.89. The van der Waals surface area contributed by atoms with E-state index in [-0.39, 0.29) is 5.82 Å². The van der Waals surface area contributed by atoms with Crippen LogP contribution in [0.4, 0.5) is 4.39 Å². The standard InChI is InChI=1S/2C9H12.C8H7N.3C8H10.C7H7F/c1-7-4-8(2)6-9(3)5-7;1-3-9-6-4-8(2)5-7-9;1-7-2-4-8(6-9)5-3-7;1-7-3-5-8(2)6-4-7;1-7-4-3-5-8(2)6-7;1-7-5-3-4-6-8(7)2;1-6-2-4-7(8)5-3-6/h4-6H,1-3H3;4-7H,3H2,1-2H3;2-5H,1H3;3*3-6H,1-2H3;2-5H,1H3. The molecule has 0 radical (unpaired) electrons. The quantitative estimate of drug-likeness (QED) is 0.163. The number of hydrogen-bond acceptors (Lipinski definition) is 1. The first-order valence-electron chi connectivity index (χ1n) is 20.4. The topological polar surface area (TPSA) is 23.8 Å². The van der Waals surface area contributed by atoms with Crippen molar-refractivity contribution in [1.82, 2.24) is 0 Å². The van der Waals surface area contributed by atoms with Gasteiger partial charge in [0.2, 0.25) is 0 Å². The average Bonchev–Trinajstić information content (AvgIpc) is 3.20. The van der Waals surface area contributed by atoms with E-state index in [1.807, 2.05) is 38.1 Å². The van der Waals surface area contributed by atoms with E-state index in [1.54, 1.807) is 12.1 Å². The monoisotopic (exact) mass is 786 g/mol. The molecule has 0 atom stereocenters. The van der Waals surface area contributed by atoms with Crippen LogP contribution in [0.2, 0.25) is 0 Å². The Labute approximate surface area is 358 Å². The molecule has 0 aliphatic heterocycles. The molecule has 0 aromatic heterocycles. The number of aryl methyl sites for hydroxylation is 13. The molecule has 0 bridgehead atoms. The summed E-state index contributed by atoms with van der Waals surface area (Å²) >= 11 is 0. The lowest BCUT2D eigenvalue weighted by atomic mass is 10.1. The maximum Gasteiger partial charge on any atom is 0.123 e. The molecule has 0 saturated carbocycles. The molecule has 7 aromatic carbocycles. The Balaban J connectivity index is 0.000000344. The smallest absolute Gasteiger partial charge is 0.123 e. The minimum Gasteiger partial charge on any atom is -0.207 e. The molecule has 308 valence electrons. The third kappa shape index (κ3) is 25.8. The zero-order valence-electron chi connectivity index (χ0n) is 38.1. The maximum absolute atomic E-state index is 12.1. The molecule has 0 amide bonds. The Bertz CT molecular complexity index is 2030. The van der Waals surface area contributed by atoms with Gasteiger partial charge in [-0.1, -0.05) is 202 Å². The number of benzene rings is 7. The largest absolute Gasteiger partial charge is 0.207 e. The van der Waals surface area contributed by atoms with Gasteiger partial charge in [-0.25, -0.2) is 4.39 Å². The molecular weight excluding hydrogens is 718 g/mol. The van der Waals surface area contributed by atoms with Crippen molar-refractivity contribution in [2.24, 2.45) is 0 Å². The molecule has 0 fully saturated rings. The molecule has 7 rings (SSSR count). The van der Waals surface area contributed by atoms with Crippen molar-refractivity contribution < 1.29 is 4.39 Å². The van der Waals surface area contributed by atoms with Crippen LogP contribution in [0.3, 0.4) is 0 Å². The van der Waals surface area contributed by atoms with Crippen LogP contribution in [0, 0.1) is 100 Å². The summed E-state index contributed by atoms with van der Waals surface area (Å²) in [5.41, 5.74) is 17.9. The maximum atomic E-state index is 12.1. The van der Waals surface area contributed by atoms with Crippen LogP contribution < -0.4 is 0 Å². The molecule has 7 aromatic rings. The Morgan fingerprint density at radius 1 is 0.356 bits per heavy atom. The SMILES string of the molecule is CCc1ccc(C)cc1.Cc1cc(C)cc(C)c1.Cc1ccc(C#N)cc1.Cc1ccc(C)cc1.Cc1ccc(F)cc1.Cc1cccc(C)c1.Cc1ccccc1C. The zero-order valence-corrected chi connectivity index (χ0v) is 38.1. The summed E-state index contributed by atoms with van der Waals surface area (Å²) in [7, 11) is 0. The summed E-state index contributed by atoms with van der Waals surface area (Å²) in [6.45, 7) is 27.2. The molecule has 1 nitrogen and oxygen atoms in total. The van der Waals surface area contributed by atoms with Gasteiger partial charge in [0, 0.05) is 0 Å². The fourth-order valence-corrected chi connectivity index (χ4v) is 5.29. The van der Waals surface area contributed by atoms with Crippen molar-refractivity contribution in [3.05, 3.63) is 247 Å². The van der Waals surface area contributed by atoms with Crippen LogP contribution >= 0.6 is 0 Å². The third-order valence-corrected chi connectivity index (χ3v) is 8.90. The van der Waals surface area contributed by atoms with Crippen molar-refractivity contribution in [3.8, 4) is 6.07 Å². The molecule has 2 heteroatoms. The van der Waals surface area contributed by atoms with E-state index in [9.17, 15) is 4.39 Å². The molecule has 0 spiro atoms. The van der Waals surface area contributed by atoms with Gasteiger partial charge in [0.05, 0.1) is 11.6 Å². The Morgan fingerprint density at radius 2 is 0.661 bits per heavy atom. The predicted molar refractivity (Wildman–Crippen MR) is 256 cm³/mol. The molecule has 0 unspecified atom stereocenters. The van der Waals surface area contributed by atoms with E-state index in [2.05, 4.69) is 197 Å². The van der Waals surface area contributed by atoms with Crippen molar-refractivity contribution in [3.63, 3.8) is 0 Å². The van der Waals surface area contributed by atoms with Crippen LogP contribution in [0.5, 0.6) is 0 Å². The number of nitrogens with zero attached hydrogens (tertiary/aromatic N) is 1. The third-order valence-electron chi connectivity index (χ3n) is 8.90. The van der Waals surface area contributed by atoms with Crippen molar-refractivity contribution in [2.45, 2.75) is 96.4 Å². The highest BCUT2D eigenvalue weighted by Crippen LogP contribution is 2.07. The van der Waals surface area contributed by atoms with E-state index in [1.165, 1.54) is 78.9 Å². The molecule has 0 heterocycles. The van der Waals surface area contributed by atoms with Crippen molar-refractivity contribution in [2.75, 3.05) is 0 Å². The van der Waals surface area contributed by atoms with Gasteiger partial charge in [-0.15, -0.1) is 0 Å². The van der Waals surface area contributed by atoms with Crippen LogP contribution in [-0.4, -0.2) is 0 Å². The van der Waals surface area contributed by atoms with Gasteiger partial charge in [0.15, 0.2) is 0 Å². The summed E-state index contributed by atoms with van der Waals surface area (Å²) in [6.07, 6.45) is 1.14. The Kier molecular flexibility index (Phi) is 25.2. The second-order valence-corrected chi connectivity index (χ2v) is 15.2. The summed E-state index contributed by atoms with van der Waals surface area (Å²) in [5.74, 6) is -0.171. The van der Waals surface area contributed by atoms with Gasteiger partial charge in [-0.3, -0.25) is 0 Å². The molecule has 0 saturated heterocycles. The van der Waals surface area contributed by atoms with Gasteiger partial charge in [0.25, 0.3) is 0 Å². The highest BCUT2D eigenvalue weighted by atomic mass is 19.1. The molecule has 0 N–H and O–H groups in total. The first-order chi connectivity index (χ1) is 28.0. The molecular formula is C57H68FN. The number of rotatable bonds is 1. The minimum atomic E-state index is -0.171. The summed E-state index contributed by atoms with van der Waals surface area (Å²) in [6, 6.07) is 56.4. The second-order valence-electron chi connectivity index (χ2n) is 15.2. The first-order valence-corrected chi connectivity index (χ1v) is 20.4. The number of hydrogen-bond donors (Lipinski definition) is 0. The molecule has 0 aliphatic carbocycles. The Morgan fingerprint density at radius 3 is 0.932 bits per heavy atom. The lowest BCUT2D eigenvalue weighted by molar-refractivity contribution is 0.627. The molecule has 59 heavy (non-hydrogen) atoms. The van der Waals surface area contributed by atoms with Gasteiger partial charge in [0.1, 0.15) is 5.82 Å². The predicted octanol–water partition coefficient (Wildman–Crippen LogP) is 16.1. The minimum absolute atomic E-state index is 0.171.